The third-order valence-corrected chi connectivity index (χ3v) is 4.81. The number of halogens is 1. The number of methoxy groups -OCH3 is 2. The van der Waals surface area contributed by atoms with Crippen LogP contribution in [0.2, 0.25) is 0 Å². The van der Waals surface area contributed by atoms with E-state index in [4.69, 9.17) is 14.2 Å². The average Bonchev–Trinajstić information content (AvgIpc) is 2.71. The second kappa shape index (κ2) is 9.41. The first kappa shape index (κ1) is 19.9. The molecule has 0 spiro atoms. The molecule has 0 bridgehead atoms. The fourth-order valence-corrected chi connectivity index (χ4v) is 3.29. The smallest absolute Gasteiger partial charge is 0.223 e. The van der Waals surface area contributed by atoms with Gasteiger partial charge in [0, 0.05) is 29.6 Å². The molecule has 7 heteroatoms. The van der Waals surface area contributed by atoms with Crippen molar-refractivity contribution in [2.24, 2.45) is 0 Å². The molecule has 0 saturated carbocycles. The normalized spacial score (nSPS) is 10.6. The van der Waals surface area contributed by atoms with Crippen LogP contribution in [-0.2, 0) is 12.2 Å². The van der Waals surface area contributed by atoms with Crippen molar-refractivity contribution < 1.29 is 18.6 Å². The summed E-state index contributed by atoms with van der Waals surface area (Å²) in [5.41, 5.74) is 1.88. The monoisotopic (exact) mass is 400 g/mol. The molecule has 5 nitrogen and oxygen atoms in total. The minimum Gasteiger partial charge on any atom is -0.497 e. The van der Waals surface area contributed by atoms with E-state index in [0.29, 0.717) is 22.5 Å². The zero-order valence-electron chi connectivity index (χ0n) is 15.9. The summed E-state index contributed by atoms with van der Waals surface area (Å²) < 4.78 is 29.7. The van der Waals surface area contributed by atoms with Gasteiger partial charge in [0.25, 0.3) is 0 Å². The Balaban J connectivity index is 1.78. The highest BCUT2D eigenvalue weighted by Crippen LogP contribution is 2.29. The van der Waals surface area contributed by atoms with E-state index < -0.39 is 0 Å². The second-order valence-electron chi connectivity index (χ2n) is 5.90. The van der Waals surface area contributed by atoms with Crippen LogP contribution in [0.25, 0.3) is 0 Å². The molecule has 0 saturated heterocycles. The standard InChI is InChI=1S/C21H21FN2O3S/c1-4-16-11-20(27-17-7-5-6-15(22)10-17)24-21(23-16)28-13-14-8-18(25-2)12-19(9-14)26-3/h5-12H,4,13H2,1-3H3. The summed E-state index contributed by atoms with van der Waals surface area (Å²) in [6.07, 6.45) is 0.739. The van der Waals surface area contributed by atoms with Crippen molar-refractivity contribution >= 4 is 11.8 Å². The number of nitrogens with zero attached hydrogens (tertiary/aromatic N) is 2. The molecule has 0 fully saturated rings. The molecule has 0 amide bonds. The van der Waals surface area contributed by atoms with Crippen molar-refractivity contribution in [2.75, 3.05) is 14.2 Å². The Kier molecular flexibility index (Phi) is 6.71. The molecule has 3 rings (SSSR count). The summed E-state index contributed by atoms with van der Waals surface area (Å²) in [7, 11) is 3.24. The van der Waals surface area contributed by atoms with E-state index in [1.54, 1.807) is 32.4 Å². The Morgan fingerprint density at radius 2 is 1.68 bits per heavy atom. The van der Waals surface area contributed by atoms with Gasteiger partial charge in [0.2, 0.25) is 5.88 Å². The maximum atomic E-state index is 13.4. The van der Waals surface area contributed by atoms with E-state index in [0.717, 1.165) is 29.2 Å². The van der Waals surface area contributed by atoms with Crippen molar-refractivity contribution in [3.63, 3.8) is 0 Å². The molecular formula is C21H21FN2O3S. The lowest BCUT2D eigenvalue weighted by Crippen LogP contribution is -1.98. The van der Waals surface area contributed by atoms with Crippen LogP contribution in [0.3, 0.4) is 0 Å². The number of rotatable bonds is 8. The third kappa shape index (κ3) is 5.36. The largest absolute Gasteiger partial charge is 0.497 e. The van der Waals surface area contributed by atoms with Crippen molar-refractivity contribution in [3.8, 4) is 23.1 Å². The van der Waals surface area contributed by atoms with Crippen molar-refractivity contribution in [1.82, 2.24) is 9.97 Å². The highest BCUT2D eigenvalue weighted by Gasteiger charge is 2.09. The summed E-state index contributed by atoms with van der Waals surface area (Å²) in [6, 6.07) is 13.5. The SMILES string of the molecule is CCc1cc(Oc2cccc(F)c2)nc(SCc2cc(OC)cc(OC)c2)n1. The summed E-state index contributed by atoms with van der Waals surface area (Å²) in [4.78, 5) is 9.00. The maximum absolute atomic E-state index is 13.4. The highest BCUT2D eigenvalue weighted by molar-refractivity contribution is 7.98. The molecule has 0 atom stereocenters. The molecule has 146 valence electrons. The van der Waals surface area contributed by atoms with Gasteiger partial charge in [-0.3, -0.25) is 0 Å². The number of ether oxygens (including phenoxy) is 3. The molecular weight excluding hydrogens is 379 g/mol. The second-order valence-corrected chi connectivity index (χ2v) is 6.85. The van der Waals surface area contributed by atoms with E-state index >= 15 is 0 Å². The van der Waals surface area contributed by atoms with Crippen LogP contribution in [0.4, 0.5) is 4.39 Å². The molecule has 0 radical (unpaired) electrons. The molecule has 1 aromatic heterocycles. The number of hydrogen-bond donors (Lipinski definition) is 0. The summed E-state index contributed by atoms with van der Waals surface area (Å²) in [6.45, 7) is 2.01. The Morgan fingerprint density at radius 3 is 2.32 bits per heavy atom. The molecule has 28 heavy (non-hydrogen) atoms. The maximum Gasteiger partial charge on any atom is 0.223 e. The predicted molar refractivity (Wildman–Crippen MR) is 107 cm³/mol. The quantitative estimate of drug-likeness (QED) is 0.379. The van der Waals surface area contributed by atoms with E-state index in [9.17, 15) is 4.39 Å². The van der Waals surface area contributed by atoms with Gasteiger partial charge < -0.3 is 14.2 Å². The van der Waals surface area contributed by atoms with E-state index in [-0.39, 0.29) is 5.82 Å². The van der Waals surface area contributed by atoms with Crippen LogP contribution >= 0.6 is 11.8 Å². The van der Waals surface area contributed by atoms with Crippen LogP contribution in [0.1, 0.15) is 18.2 Å². The van der Waals surface area contributed by atoms with Gasteiger partial charge in [0.05, 0.1) is 14.2 Å². The number of hydrogen-bond acceptors (Lipinski definition) is 6. The first-order valence-electron chi connectivity index (χ1n) is 8.75. The Bertz CT molecular complexity index is 930. The molecule has 0 aliphatic carbocycles. The molecule has 0 unspecified atom stereocenters. The third-order valence-electron chi connectivity index (χ3n) is 3.90. The van der Waals surface area contributed by atoms with Crippen LogP contribution in [-0.4, -0.2) is 24.2 Å². The number of aromatic nitrogens is 2. The summed E-state index contributed by atoms with van der Waals surface area (Å²) in [5, 5.41) is 0.590. The van der Waals surface area contributed by atoms with Crippen LogP contribution in [0.5, 0.6) is 23.1 Å². The zero-order valence-corrected chi connectivity index (χ0v) is 16.8. The lowest BCUT2D eigenvalue weighted by Gasteiger charge is -2.10. The molecule has 0 aliphatic heterocycles. The van der Waals surface area contributed by atoms with Gasteiger partial charge in [-0.2, -0.15) is 4.98 Å². The lowest BCUT2D eigenvalue weighted by molar-refractivity contribution is 0.393. The van der Waals surface area contributed by atoms with Crippen molar-refractivity contribution in [1.29, 1.82) is 0 Å². The van der Waals surface area contributed by atoms with Gasteiger partial charge in [-0.05, 0) is 36.2 Å². The highest BCUT2D eigenvalue weighted by atomic mass is 32.2. The van der Waals surface area contributed by atoms with E-state index in [1.165, 1.54) is 23.9 Å². The van der Waals surface area contributed by atoms with Gasteiger partial charge in [-0.15, -0.1) is 0 Å². The molecule has 3 aromatic rings. The van der Waals surface area contributed by atoms with Gasteiger partial charge in [0.15, 0.2) is 5.16 Å². The minimum absolute atomic E-state index is 0.358. The van der Waals surface area contributed by atoms with E-state index in [2.05, 4.69) is 9.97 Å². The van der Waals surface area contributed by atoms with Crippen molar-refractivity contribution in [3.05, 3.63) is 65.6 Å². The minimum atomic E-state index is -0.358. The van der Waals surface area contributed by atoms with E-state index in [1.807, 2.05) is 25.1 Å². The predicted octanol–water partition coefficient (Wildman–Crippen LogP) is 5.28. The summed E-state index contributed by atoms with van der Waals surface area (Å²) in [5.74, 6) is 2.53. The number of benzene rings is 2. The Hall–Kier alpha value is -2.80. The van der Waals surface area contributed by atoms with Crippen molar-refractivity contribution in [2.45, 2.75) is 24.3 Å². The Labute approximate surface area is 167 Å². The molecule has 0 N–H and O–H groups in total. The topological polar surface area (TPSA) is 53.5 Å². The summed E-state index contributed by atoms with van der Waals surface area (Å²) >= 11 is 1.48. The fourth-order valence-electron chi connectivity index (χ4n) is 2.50. The first-order valence-corrected chi connectivity index (χ1v) is 9.74. The lowest BCUT2D eigenvalue weighted by atomic mass is 10.2. The average molecular weight is 400 g/mol. The molecule has 2 aromatic carbocycles. The van der Waals surface area contributed by atoms with Gasteiger partial charge >= 0.3 is 0 Å². The fraction of sp³-hybridized carbons (Fsp3) is 0.238. The number of aryl methyl sites for hydroxylation is 1. The van der Waals surface area contributed by atoms with Gasteiger partial charge in [-0.25, -0.2) is 9.37 Å². The molecule has 0 aliphatic rings. The zero-order chi connectivity index (χ0) is 19.9. The van der Waals surface area contributed by atoms with Crippen LogP contribution < -0.4 is 14.2 Å². The Morgan fingerprint density at radius 1 is 0.929 bits per heavy atom. The molecule has 1 heterocycles. The van der Waals surface area contributed by atoms with Crippen LogP contribution in [0, 0.1) is 5.82 Å². The van der Waals surface area contributed by atoms with Crippen LogP contribution in [0.15, 0.2) is 53.7 Å². The first-order chi connectivity index (χ1) is 13.6. The number of thioether (sulfide) groups is 1. The van der Waals surface area contributed by atoms with Gasteiger partial charge in [-0.1, -0.05) is 24.8 Å². The van der Waals surface area contributed by atoms with Gasteiger partial charge in [0.1, 0.15) is 23.1 Å².